The molecule has 0 aliphatic rings. The van der Waals surface area contributed by atoms with Gasteiger partial charge in [-0.25, -0.2) is 9.97 Å². The molecule has 0 saturated heterocycles. The highest BCUT2D eigenvalue weighted by atomic mass is 32.2. The molecular formula is C44H48N8O13S3. The van der Waals surface area contributed by atoms with Crippen LogP contribution >= 0.6 is 0 Å². The number of anilines is 2. The van der Waals surface area contributed by atoms with E-state index in [2.05, 4.69) is 29.9 Å². The zero-order valence-corrected chi connectivity index (χ0v) is 38.6. The van der Waals surface area contributed by atoms with Crippen LogP contribution in [0, 0.1) is 0 Å². The molecular weight excluding hydrogens is 945 g/mol. The molecule has 6 rings (SSSR count). The number of rotatable bonds is 23. The second-order valence-electron chi connectivity index (χ2n) is 15.1. The molecule has 4 aromatic carbocycles. The zero-order valence-electron chi connectivity index (χ0n) is 36.2. The molecule has 0 spiro atoms. The highest BCUT2D eigenvalue weighted by Crippen LogP contribution is 2.24. The fourth-order valence-corrected chi connectivity index (χ4v) is 9.04. The SMILES string of the molecule is O=S(=O)(O)c1cccc(Cc2nc(Cc3ccc(/C=C/c4ccc(Cc5nc(Cc6ccccc6S(=O)(=O)O)nc(N(CCO)CCO)n5)cc4S(=O)(=O)O)cc3)nc(N(CCO)CCO)n2)c1. The van der Waals surface area contributed by atoms with Crippen molar-refractivity contribution >= 4 is 54.4 Å². The van der Waals surface area contributed by atoms with E-state index < -0.39 is 35.2 Å². The van der Waals surface area contributed by atoms with E-state index in [4.69, 9.17) is 0 Å². The van der Waals surface area contributed by atoms with E-state index in [0.29, 0.717) is 22.5 Å². The van der Waals surface area contributed by atoms with E-state index in [1.165, 1.54) is 59.5 Å². The Kier molecular flexibility index (Phi) is 17.1. The summed E-state index contributed by atoms with van der Waals surface area (Å²) in [7, 11) is -13.9. The van der Waals surface area contributed by atoms with Crippen LogP contribution < -0.4 is 9.80 Å². The number of hydrogen-bond acceptors (Lipinski definition) is 18. The molecule has 7 N–H and O–H groups in total. The van der Waals surface area contributed by atoms with Crippen LogP contribution in [-0.2, 0) is 56.0 Å². The highest BCUT2D eigenvalue weighted by molar-refractivity contribution is 7.86. The summed E-state index contributed by atoms with van der Waals surface area (Å²) in [4.78, 5) is 29.1. The summed E-state index contributed by atoms with van der Waals surface area (Å²) in [6.07, 6.45) is 3.17. The van der Waals surface area contributed by atoms with Crippen molar-refractivity contribution in [1.29, 1.82) is 0 Å². The maximum absolute atomic E-state index is 12.7. The molecule has 0 fully saturated rings. The first-order chi connectivity index (χ1) is 32.4. The Hall–Kier alpha value is -6.19. The Bertz CT molecular complexity index is 3080. The van der Waals surface area contributed by atoms with Crippen molar-refractivity contribution in [3.8, 4) is 0 Å². The molecule has 360 valence electrons. The van der Waals surface area contributed by atoms with Gasteiger partial charge in [0.2, 0.25) is 11.9 Å². The number of aliphatic hydroxyl groups excluding tert-OH is 4. The number of nitrogens with zero attached hydrogens (tertiary/aromatic N) is 8. The largest absolute Gasteiger partial charge is 0.395 e. The molecule has 0 aliphatic heterocycles. The van der Waals surface area contributed by atoms with Gasteiger partial charge >= 0.3 is 0 Å². The van der Waals surface area contributed by atoms with Gasteiger partial charge in [-0.2, -0.15) is 45.2 Å². The van der Waals surface area contributed by atoms with Crippen LogP contribution in [0.15, 0.2) is 106 Å². The maximum atomic E-state index is 12.7. The molecule has 0 radical (unpaired) electrons. The predicted molar refractivity (Wildman–Crippen MR) is 248 cm³/mol. The standard InChI is InChI=1S/C44H48N8O13S3/c53-20-16-51(17-21-54)43-47-39(45-40(48-43)27-32-4-3-6-36(24-32)66(57,58)59)26-31-10-8-30(9-11-31)12-14-34-15-13-33(25-38(34)68(63,64)65)28-41-46-42(50-44(49-41)52(18-22-55)19-23-56)29-35-5-1-2-7-37(35)67(60,61)62/h1-15,24-25,53-56H,16-23,26-29H2,(H,57,58,59)(H,60,61,62)(H,63,64,65)/b14-12+. The molecule has 6 aromatic rings. The van der Waals surface area contributed by atoms with Crippen molar-refractivity contribution < 1.29 is 59.3 Å². The van der Waals surface area contributed by atoms with Crippen LogP contribution in [0.25, 0.3) is 12.2 Å². The fourth-order valence-electron chi connectivity index (χ4n) is 7.03. The van der Waals surface area contributed by atoms with Crippen molar-refractivity contribution in [2.24, 2.45) is 0 Å². The van der Waals surface area contributed by atoms with Gasteiger partial charge in [-0.05, 0) is 57.6 Å². The lowest BCUT2D eigenvalue weighted by Gasteiger charge is -2.21. The van der Waals surface area contributed by atoms with Gasteiger partial charge < -0.3 is 30.2 Å². The third-order valence-electron chi connectivity index (χ3n) is 10.2. The van der Waals surface area contributed by atoms with Gasteiger partial charge in [-0.15, -0.1) is 0 Å². The van der Waals surface area contributed by atoms with E-state index >= 15 is 0 Å². The Morgan fingerprint density at radius 3 is 1.41 bits per heavy atom. The van der Waals surface area contributed by atoms with Gasteiger partial charge in [0.1, 0.15) is 28.2 Å². The van der Waals surface area contributed by atoms with Gasteiger partial charge in [0.25, 0.3) is 30.4 Å². The Labute approximate surface area is 392 Å². The second kappa shape index (κ2) is 22.7. The molecule has 0 bridgehead atoms. The highest BCUT2D eigenvalue weighted by Gasteiger charge is 2.21. The van der Waals surface area contributed by atoms with Crippen LogP contribution in [0.5, 0.6) is 0 Å². The van der Waals surface area contributed by atoms with Crippen LogP contribution in [0.2, 0.25) is 0 Å². The first-order valence-electron chi connectivity index (χ1n) is 20.8. The molecule has 0 unspecified atom stereocenters. The Morgan fingerprint density at radius 2 is 0.912 bits per heavy atom. The van der Waals surface area contributed by atoms with E-state index in [1.54, 1.807) is 53.4 Å². The number of hydrogen-bond donors (Lipinski definition) is 7. The van der Waals surface area contributed by atoms with Gasteiger partial charge in [-0.1, -0.05) is 78.9 Å². The van der Waals surface area contributed by atoms with Gasteiger partial charge in [-0.3, -0.25) is 13.7 Å². The first kappa shape index (κ1) is 51.2. The van der Waals surface area contributed by atoms with Gasteiger partial charge in [0, 0.05) is 51.9 Å². The van der Waals surface area contributed by atoms with Crippen molar-refractivity contribution in [3.63, 3.8) is 0 Å². The normalized spacial score (nSPS) is 12.2. The van der Waals surface area contributed by atoms with Crippen molar-refractivity contribution in [2.75, 3.05) is 62.4 Å². The Balaban J connectivity index is 1.25. The minimum atomic E-state index is -4.78. The third kappa shape index (κ3) is 14.2. The van der Waals surface area contributed by atoms with Crippen LogP contribution in [0.4, 0.5) is 11.9 Å². The average molecular weight is 993 g/mol. The summed E-state index contributed by atoms with van der Waals surface area (Å²) in [5, 5.41) is 38.7. The van der Waals surface area contributed by atoms with Crippen molar-refractivity contribution in [3.05, 3.63) is 148 Å². The molecule has 2 aromatic heterocycles. The van der Waals surface area contributed by atoms with Crippen molar-refractivity contribution in [1.82, 2.24) is 29.9 Å². The van der Waals surface area contributed by atoms with Gasteiger partial charge in [0.15, 0.2) is 0 Å². The number of aliphatic hydroxyl groups is 4. The van der Waals surface area contributed by atoms with Crippen LogP contribution in [-0.4, -0.2) is 142 Å². The van der Waals surface area contributed by atoms with E-state index in [9.17, 15) is 59.3 Å². The smallest absolute Gasteiger partial charge is 0.295 e. The minimum absolute atomic E-state index is 0.0290. The minimum Gasteiger partial charge on any atom is -0.395 e. The number of benzene rings is 4. The van der Waals surface area contributed by atoms with Gasteiger partial charge in [0.05, 0.1) is 36.2 Å². The maximum Gasteiger partial charge on any atom is 0.295 e. The molecule has 0 atom stereocenters. The summed E-state index contributed by atoms with van der Waals surface area (Å²) in [6, 6.07) is 22.9. The fraction of sp³-hybridized carbons (Fsp3) is 0.273. The zero-order chi connectivity index (χ0) is 49.1. The summed E-state index contributed by atoms with van der Waals surface area (Å²) >= 11 is 0. The molecule has 0 amide bonds. The summed E-state index contributed by atoms with van der Waals surface area (Å²) in [5.41, 5.74) is 2.61. The summed E-state index contributed by atoms with van der Waals surface area (Å²) < 4.78 is 103. The van der Waals surface area contributed by atoms with Crippen molar-refractivity contribution in [2.45, 2.75) is 40.4 Å². The molecule has 68 heavy (non-hydrogen) atoms. The molecule has 24 heteroatoms. The lowest BCUT2D eigenvalue weighted by molar-refractivity contribution is 0.279. The topological polar surface area (TPSA) is 328 Å². The quantitative estimate of drug-likeness (QED) is 0.0356. The predicted octanol–water partition coefficient (Wildman–Crippen LogP) is 1.91. The second-order valence-corrected chi connectivity index (χ2v) is 19.3. The lowest BCUT2D eigenvalue weighted by atomic mass is 10.1. The van der Waals surface area contributed by atoms with E-state index in [0.717, 1.165) is 5.56 Å². The number of aromatic nitrogens is 6. The third-order valence-corrected chi connectivity index (χ3v) is 12.9. The first-order valence-corrected chi connectivity index (χ1v) is 25.1. The van der Waals surface area contributed by atoms with Crippen LogP contribution in [0.1, 0.15) is 56.7 Å². The monoisotopic (exact) mass is 992 g/mol. The molecule has 0 saturated carbocycles. The molecule has 2 heterocycles. The van der Waals surface area contributed by atoms with E-state index in [1.807, 2.05) is 0 Å². The molecule has 21 nitrogen and oxygen atoms in total. The summed E-state index contributed by atoms with van der Waals surface area (Å²) in [6.45, 7) is -0.848. The average Bonchev–Trinajstić information content (AvgIpc) is 3.28. The lowest BCUT2D eigenvalue weighted by Crippen LogP contribution is -2.32. The van der Waals surface area contributed by atoms with Crippen LogP contribution in [0.3, 0.4) is 0 Å². The molecule has 0 aliphatic carbocycles. The Morgan fingerprint density at radius 1 is 0.441 bits per heavy atom. The summed E-state index contributed by atoms with van der Waals surface area (Å²) in [5.74, 6) is 1.02. The van der Waals surface area contributed by atoms with E-state index in [-0.39, 0.29) is 129 Å².